The van der Waals surface area contributed by atoms with E-state index in [9.17, 15) is 9.59 Å². The number of carbonyl (C=O) groups excluding carboxylic acids is 2. The molecule has 0 fully saturated rings. The Labute approximate surface area is 189 Å². The zero-order valence-corrected chi connectivity index (χ0v) is 19.7. The topological polar surface area (TPSA) is 45.6 Å². The second-order valence-corrected chi connectivity index (χ2v) is 8.89. The molecule has 0 aliphatic heterocycles. The molecule has 0 saturated carbocycles. The summed E-state index contributed by atoms with van der Waals surface area (Å²) in [5.41, 5.74) is 1.45. The van der Waals surface area contributed by atoms with Crippen LogP contribution in [-0.2, 0) is 18.4 Å². The number of amides is 2. The van der Waals surface area contributed by atoms with E-state index < -0.39 is 0 Å². The van der Waals surface area contributed by atoms with Gasteiger partial charge in [-0.1, -0.05) is 50.4 Å². The van der Waals surface area contributed by atoms with E-state index in [4.69, 9.17) is 23.2 Å². The Hall–Kier alpha value is -1.98. The molecule has 2 rings (SSSR count). The van der Waals surface area contributed by atoms with Crippen molar-refractivity contribution in [3.63, 3.8) is 0 Å². The molecule has 1 heterocycles. The van der Waals surface area contributed by atoms with Crippen LogP contribution in [0.5, 0.6) is 0 Å². The minimum absolute atomic E-state index is 0.0231. The van der Waals surface area contributed by atoms with E-state index in [0.29, 0.717) is 35.2 Å². The number of benzene rings is 1. The van der Waals surface area contributed by atoms with Crippen LogP contribution in [0.3, 0.4) is 0 Å². The summed E-state index contributed by atoms with van der Waals surface area (Å²) in [7, 11) is 1.97. The predicted molar refractivity (Wildman–Crippen MR) is 123 cm³/mol. The largest absolute Gasteiger partial charge is 0.353 e. The lowest BCUT2D eigenvalue weighted by atomic mass is 10.1. The van der Waals surface area contributed by atoms with E-state index >= 15 is 0 Å². The number of hydrogen-bond acceptors (Lipinski definition) is 2. The van der Waals surface area contributed by atoms with E-state index in [1.807, 2.05) is 48.7 Å². The molecule has 7 heteroatoms. The summed E-state index contributed by atoms with van der Waals surface area (Å²) in [5, 5.41) is 0.796. The van der Waals surface area contributed by atoms with Crippen LogP contribution in [0.25, 0.3) is 0 Å². The fourth-order valence-corrected chi connectivity index (χ4v) is 3.81. The minimum Gasteiger partial charge on any atom is -0.353 e. The third kappa shape index (κ3) is 7.06. The predicted octanol–water partition coefficient (Wildman–Crippen LogP) is 5.26. The molecule has 0 aliphatic rings. The van der Waals surface area contributed by atoms with Crippen molar-refractivity contribution in [3.8, 4) is 0 Å². The lowest BCUT2D eigenvalue weighted by Gasteiger charge is -2.29. The standard InChI is InChI=1S/C23H31Cl2N3O2/c1-5-6-10-27(15-21-8-7-9-26(21)4)22(29)16-28(14-17(2)3)23(30)18-11-19(24)13-20(25)12-18/h7-9,11-13,17H,5-6,10,14-16H2,1-4H3. The maximum atomic E-state index is 13.2. The van der Waals surface area contributed by atoms with Gasteiger partial charge in [-0.15, -0.1) is 0 Å². The van der Waals surface area contributed by atoms with Crippen molar-refractivity contribution in [1.29, 1.82) is 0 Å². The molecule has 1 aromatic heterocycles. The van der Waals surface area contributed by atoms with Crippen LogP contribution in [-0.4, -0.2) is 45.8 Å². The second kappa shape index (κ2) is 11.4. The molecule has 0 saturated heterocycles. The number of nitrogens with zero attached hydrogens (tertiary/aromatic N) is 3. The Balaban J connectivity index is 2.21. The second-order valence-electron chi connectivity index (χ2n) is 8.02. The SMILES string of the molecule is CCCCN(Cc1cccn1C)C(=O)CN(CC(C)C)C(=O)c1cc(Cl)cc(Cl)c1. The maximum absolute atomic E-state index is 13.2. The Morgan fingerprint density at radius 3 is 2.30 bits per heavy atom. The number of rotatable bonds is 10. The normalized spacial score (nSPS) is 11.0. The number of halogens is 2. The van der Waals surface area contributed by atoms with E-state index in [0.717, 1.165) is 18.5 Å². The molecule has 0 N–H and O–H groups in total. The third-order valence-electron chi connectivity index (χ3n) is 4.85. The van der Waals surface area contributed by atoms with Crippen LogP contribution in [0.15, 0.2) is 36.5 Å². The van der Waals surface area contributed by atoms with Gasteiger partial charge in [0.25, 0.3) is 5.91 Å². The summed E-state index contributed by atoms with van der Waals surface area (Å²) in [6, 6.07) is 8.75. The van der Waals surface area contributed by atoms with Gasteiger partial charge in [-0.25, -0.2) is 0 Å². The first kappa shape index (κ1) is 24.3. The lowest BCUT2D eigenvalue weighted by Crippen LogP contribution is -2.44. The fourth-order valence-electron chi connectivity index (χ4n) is 3.28. The van der Waals surface area contributed by atoms with Gasteiger partial charge in [0.2, 0.25) is 5.91 Å². The summed E-state index contributed by atoms with van der Waals surface area (Å²) < 4.78 is 2.01. The highest BCUT2D eigenvalue weighted by molar-refractivity contribution is 6.35. The van der Waals surface area contributed by atoms with Gasteiger partial charge in [0.15, 0.2) is 0 Å². The average Bonchev–Trinajstić information content (AvgIpc) is 3.07. The summed E-state index contributed by atoms with van der Waals surface area (Å²) in [6.45, 7) is 7.82. The van der Waals surface area contributed by atoms with E-state index in [-0.39, 0.29) is 24.3 Å². The molecule has 1 aromatic carbocycles. The zero-order valence-electron chi connectivity index (χ0n) is 18.2. The van der Waals surface area contributed by atoms with Crippen molar-refractivity contribution in [2.75, 3.05) is 19.6 Å². The van der Waals surface area contributed by atoms with Crippen LogP contribution in [0.2, 0.25) is 10.0 Å². The van der Waals surface area contributed by atoms with Gasteiger partial charge in [0, 0.05) is 47.6 Å². The quantitative estimate of drug-likeness (QED) is 0.494. The number of hydrogen-bond donors (Lipinski definition) is 0. The fraction of sp³-hybridized carbons (Fsp3) is 0.478. The summed E-state index contributed by atoms with van der Waals surface area (Å²) in [5.74, 6) is -0.0871. The molecule has 0 spiro atoms. The molecular weight excluding hydrogens is 421 g/mol. The Morgan fingerprint density at radius 1 is 1.10 bits per heavy atom. The van der Waals surface area contributed by atoms with Gasteiger partial charge in [0.05, 0.1) is 6.54 Å². The van der Waals surface area contributed by atoms with Crippen LogP contribution in [0.4, 0.5) is 0 Å². The number of unbranched alkanes of at least 4 members (excludes halogenated alkanes) is 1. The molecule has 0 aliphatic carbocycles. The Kier molecular flexibility index (Phi) is 9.25. The van der Waals surface area contributed by atoms with Crippen molar-refractivity contribution in [2.45, 2.75) is 40.2 Å². The van der Waals surface area contributed by atoms with Crippen molar-refractivity contribution in [2.24, 2.45) is 13.0 Å². The van der Waals surface area contributed by atoms with Gasteiger partial charge in [-0.3, -0.25) is 9.59 Å². The van der Waals surface area contributed by atoms with E-state index in [1.165, 1.54) is 0 Å². The minimum atomic E-state index is -0.240. The summed E-state index contributed by atoms with van der Waals surface area (Å²) in [4.78, 5) is 29.8. The van der Waals surface area contributed by atoms with Gasteiger partial charge in [0.1, 0.15) is 6.54 Å². The molecule has 0 bridgehead atoms. The maximum Gasteiger partial charge on any atom is 0.254 e. The van der Waals surface area contributed by atoms with Gasteiger partial charge < -0.3 is 14.4 Å². The lowest BCUT2D eigenvalue weighted by molar-refractivity contribution is -0.132. The Morgan fingerprint density at radius 2 is 1.77 bits per heavy atom. The van der Waals surface area contributed by atoms with Crippen LogP contribution < -0.4 is 0 Å². The average molecular weight is 452 g/mol. The number of carbonyl (C=O) groups is 2. The summed E-state index contributed by atoms with van der Waals surface area (Å²) in [6.07, 6.45) is 3.88. The third-order valence-corrected chi connectivity index (χ3v) is 5.28. The van der Waals surface area contributed by atoms with Crippen molar-refractivity contribution >= 4 is 35.0 Å². The molecule has 164 valence electrons. The molecule has 2 amide bonds. The molecular formula is C23H31Cl2N3O2. The van der Waals surface area contributed by atoms with E-state index in [2.05, 4.69) is 6.92 Å². The molecule has 30 heavy (non-hydrogen) atoms. The van der Waals surface area contributed by atoms with Crippen LogP contribution in [0.1, 0.15) is 49.7 Å². The smallest absolute Gasteiger partial charge is 0.254 e. The highest BCUT2D eigenvalue weighted by atomic mass is 35.5. The first-order valence-electron chi connectivity index (χ1n) is 10.3. The first-order chi connectivity index (χ1) is 14.2. The molecule has 0 unspecified atom stereocenters. The monoisotopic (exact) mass is 451 g/mol. The zero-order chi connectivity index (χ0) is 22.3. The Bertz CT molecular complexity index is 844. The van der Waals surface area contributed by atoms with Crippen molar-refractivity contribution in [1.82, 2.24) is 14.4 Å². The number of aromatic nitrogens is 1. The molecule has 5 nitrogen and oxygen atoms in total. The van der Waals surface area contributed by atoms with Gasteiger partial charge >= 0.3 is 0 Å². The van der Waals surface area contributed by atoms with Gasteiger partial charge in [-0.2, -0.15) is 0 Å². The van der Waals surface area contributed by atoms with Crippen molar-refractivity contribution < 1.29 is 9.59 Å². The summed E-state index contributed by atoms with van der Waals surface area (Å²) >= 11 is 12.2. The highest BCUT2D eigenvalue weighted by Crippen LogP contribution is 2.21. The molecule has 0 atom stereocenters. The van der Waals surface area contributed by atoms with Gasteiger partial charge in [-0.05, 0) is 42.7 Å². The van der Waals surface area contributed by atoms with Crippen molar-refractivity contribution in [3.05, 3.63) is 57.8 Å². The number of aryl methyl sites for hydroxylation is 1. The molecule has 0 radical (unpaired) electrons. The van der Waals surface area contributed by atoms with E-state index in [1.54, 1.807) is 23.1 Å². The first-order valence-corrected chi connectivity index (χ1v) is 11.1. The highest BCUT2D eigenvalue weighted by Gasteiger charge is 2.24. The van der Waals surface area contributed by atoms with Crippen LogP contribution >= 0.6 is 23.2 Å². The molecule has 2 aromatic rings. The van der Waals surface area contributed by atoms with Crippen LogP contribution in [0, 0.1) is 5.92 Å².